The number of likely N-dealkylation sites (N-methyl/N-ethyl adjacent to an activating group) is 1. The van der Waals surface area contributed by atoms with Crippen molar-refractivity contribution < 1.29 is 31.9 Å². The van der Waals surface area contributed by atoms with Gasteiger partial charge in [0.05, 0.1) is 23.7 Å². The summed E-state index contributed by atoms with van der Waals surface area (Å²) >= 11 is 0. The van der Waals surface area contributed by atoms with E-state index in [9.17, 15) is 22.4 Å². The van der Waals surface area contributed by atoms with Crippen LogP contribution in [0, 0.1) is 5.82 Å². The minimum Gasteiger partial charge on any atom is -0.452 e. The molecular weight excluding hydrogens is 355 g/mol. The van der Waals surface area contributed by atoms with Gasteiger partial charge in [0.2, 0.25) is 10.0 Å². The van der Waals surface area contributed by atoms with Crippen LogP contribution in [0.25, 0.3) is 0 Å². The molecule has 25 heavy (non-hydrogen) atoms. The van der Waals surface area contributed by atoms with Gasteiger partial charge < -0.3 is 14.8 Å². The zero-order chi connectivity index (χ0) is 18.4. The molecule has 1 aliphatic rings. The lowest BCUT2D eigenvalue weighted by atomic mass is 10.2. The number of carbonyl (C=O) groups excluding carboxylic acids is 2. The Hall–Kier alpha value is -2.04. The summed E-state index contributed by atoms with van der Waals surface area (Å²) < 4.78 is 50.0. The Bertz CT molecular complexity index is 746. The Kier molecular flexibility index (Phi) is 6.45. The van der Waals surface area contributed by atoms with Crippen LogP contribution >= 0.6 is 0 Å². The molecule has 138 valence electrons. The second-order valence-electron chi connectivity index (χ2n) is 5.19. The molecule has 0 saturated carbocycles. The van der Waals surface area contributed by atoms with E-state index < -0.39 is 39.9 Å². The summed E-state index contributed by atoms with van der Waals surface area (Å²) in [5.41, 5.74) is -0.543. The average molecular weight is 374 g/mol. The fourth-order valence-corrected chi connectivity index (χ4v) is 3.65. The van der Waals surface area contributed by atoms with Gasteiger partial charge in [0.15, 0.2) is 6.61 Å². The molecule has 0 spiro atoms. The third kappa shape index (κ3) is 4.74. The van der Waals surface area contributed by atoms with Crippen LogP contribution in [0.1, 0.15) is 17.3 Å². The lowest BCUT2D eigenvalue weighted by molar-refractivity contribution is -0.124. The fourth-order valence-electron chi connectivity index (χ4n) is 2.21. The van der Waals surface area contributed by atoms with E-state index in [0.717, 1.165) is 18.2 Å². The van der Waals surface area contributed by atoms with Crippen molar-refractivity contribution in [2.24, 2.45) is 0 Å². The molecule has 1 heterocycles. The molecule has 1 aromatic carbocycles. The number of benzene rings is 1. The van der Waals surface area contributed by atoms with Gasteiger partial charge >= 0.3 is 5.97 Å². The number of morpholine rings is 1. The maximum Gasteiger partial charge on any atom is 0.341 e. The quantitative estimate of drug-likeness (QED) is 0.711. The highest BCUT2D eigenvalue weighted by Gasteiger charge is 2.28. The highest BCUT2D eigenvalue weighted by atomic mass is 32.2. The van der Waals surface area contributed by atoms with Crippen molar-refractivity contribution in [3.63, 3.8) is 0 Å². The second-order valence-corrected chi connectivity index (χ2v) is 7.13. The highest BCUT2D eigenvalue weighted by molar-refractivity contribution is 7.89. The fraction of sp³-hybridized carbons (Fsp3) is 0.467. The molecular formula is C15H19FN2O6S. The van der Waals surface area contributed by atoms with Crippen molar-refractivity contribution in [3.05, 3.63) is 29.6 Å². The van der Waals surface area contributed by atoms with Crippen LogP contribution in [0.4, 0.5) is 4.39 Å². The Morgan fingerprint density at radius 2 is 2.00 bits per heavy atom. The first-order chi connectivity index (χ1) is 11.9. The molecule has 1 N–H and O–H groups in total. The molecule has 0 radical (unpaired) electrons. The maximum atomic E-state index is 13.9. The molecule has 0 unspecified atom stereocenters. The topological polar surface area (TPSA) is 102 Å². The summed E-state index contributed by atoms with van der Waals surface area (Å²) in [5.74, 6) is -2.57. The van der Waals surface area contributed by atoms with Crippen LogP contribution < -0.4 is 5.32 Å². The van der Waals surface area contributed by atoms with Crippen molar-refractivity contribution in [1.29, 1.82) is 0 Å². The Labute approximate surface area is 144 Å². The predicted molar refractivity (Wildman–Crippen MR) is 84.9 cm³/mol. The summed E-state index contributed by atoms with van der Waals surface area (Å²) in [4.78, 5) is 23.0. The van der Waals surface area contributed by atoms with Crippen LogP contribution in [0.5, 0.6) is 0 Å². The molecule has 0 atom stereocenters. The lowest BCUT2D eigenvalue weighted by Gasteiger charge is -2.26. The average Bonchev–Trinajstić information content (AvgIpc) is 2.61. The van der Waals surface area contributed by atoms with Crippen molar-refractivity contribution in [1.82, 2.24) is 9.62 Å². The van der Waals surface area contributed by atoms with E-state index in [1.165, 1.54) is 4.31 Å². The number of rotatable bonds is 6. The van der Waals surface area contributed by atoms with Gasteiger partial charge in [-0.25, -0.2) is 17.6 Å². The number of ether oxygens (including phenoxy) is 2. The number of carbonyl (C=O) groups is 2. The SMILES string of the molecule is CCNC(=O)COC(=O)c1cc(S(=O)(=O)N2CCOCC2)ccc1F. The number of nitrogens with one attached hydrogen (secondary N) is 1. The Morgan fingerprint density at radius 1 is 1.32 bits per heavy atom. The van der Waals surface area contributed by atoms with Gasteiger partial charge in [0.1, 0.15) is 5.82 Å². The minimum atomic E-state index is -3.88. The molecule has 8 nitrogen and oxygen atoms in total. The summed E-state index contributed by atoms with van der Waals surface area (Å²) in [6, 6.07) is 2.89. The summed E-state index contributed by atoms with van der Waals surface area (Å²) in [6.45, 7) is 2.36. The summed E-state index contributed by atoms with van der Waals surface area (Å²) in [7, 11) is -3.88. The number of esters is 1. The van der Waals surface area contributed by atoms with E-state index in [4.69, 9.17) is 9.47 Å². The van der Waals surface area contributed by atoms with Crippen LogP contribution in [0.3, 0.4) is 0 Å². The van der Waals surface area contributed by atoms with Gasteiger partial charge in [0, 0.05) is 19.6 Å². The third-order valence-corrected chi connectivity index (χ3v) is 5.37. The summed E-state index contributed by atoms with van der Waals surface area (Å²) in [6.07, 6.45) is 0. The van der Waals surface area contributed by atoms with Crippen LogP contribution in [0.15, 0.2) is 23.1 Å². The van der Waals surface area contributed by atoms with Gasteiger partial charge in [0.25, 0.3) is 5.91 Å². The Morgan fingerprint density at radius 3 is 2.64 bits per heavy atom. The number of halogens is 1. The van der Waals surface area contributed by atoms with E-state index >= 15 is 0 Å². The van der Waals surface area contributed by atoms with Crippen molar-refractivity contribution in [3.8, 4) is 0 Å². The van der Waals surface area contributed by atoms with Gasteiger partial charge in [-0.3, -0.25) is 4.79 Å². The molecule has 0 aliphatic carbocycles. The third-order valence-electron chi connectivity index (χ3n) is 3.47. The molecule has 10 heteroatoms. The first kappa shape index (κ1) is 19.3. The van der Waals surface area contributed by atoms with E-state index in [-0.39, 0.29) is 31.2 Å². The molecule has 1 fully saturated rings. The molecule has 0 bridgehead atoms. The largest absolute Gasteiger partial charge is 0.452 e. The molecule has 1 aromatic rings. The normalized spacial score (nSPS) is 15.6. The zero-order valence-electron chi connectivity index (χ0n) is 13.7. The highest BCUT2D eigenvalue weighted by Crippen LogP contribution is 2.20. The number of hydrogen-bond donors (Lipinski definition) is 1. The van der Waals surface area contributed by atoms with E-state index in [1.807, 2.05) is 0 Å². The first-order valence-corrected chi connectivity index (χ1v) is 9.11. The molecule has 1 aliphatic heterocycles. The Balaban J connectivity index is 2.19. The maximum absolute atomic E-state index is 13.9. The van der Waals surface area contributed by atoms with Gasteiger partial charge in [-0.1, -0.05) is 0 Å². The molecule has 1 saturated heterocycles. The minimum absolute atomic E-state index is 0.177. The zero-order valence-corrected chi connectivity index (χ0v) is 14.5. The van der Waals surface area contributed by atoms with Crippen LogP contribution in [0.2, 0.25) is 0 Å². The number of amides is 1. The predicted octanol–water partition coefficient (Wildman–Crippen LogP) is 0.140. The van der Waals surface area contributed by atoms with Gasteiger partial charge in [-0.15, -0.1) is 0 Å². The van der Waals surface area contributed by atoms with Crippen LogP contribution in [-0.2, 0) is 24.3 Å². The number of nitrogens with zero attached hydrogens (tertiary/aromatic N) is 1. The standard InChI is InChI=1S/C15H19FN2O6S/c1-2-17-14(19)10-24-15(20)12-9-11(3-4-13(12)16)25(21,22)18-5-7-23-8-6-18/h3-4,9H,2,5-8,10H2,1H3,(H,17,19). The monoisotopic (exact) mass is 374 g/mol. The van der Waals surface area contributed by atoms with E-state index in [0.29, 0.717) is 6.54 Å². The van der Waals surface area contributed by atoms with Gasteiger partial charge in [-0.05, 0) is 25.1 Å². The number of sulfonamides is 1. The second kappa shape index (κ2) is 8.37. The van der Waals surface area contributed by atoms with E-state index in [2.05, 4.69) is 5.32 Å². The lowest BCUT2D eigenvalue weighted by Crippen LogP contribution is -2.40. The van der Waals surface area contributed by atoms with Gasteiger partial charge in [-0.2, -0.15) is 4.31 Å². The van der Waals surface area contributed by atoms with Crippen molar-refractivity contribution in [2.75, 3.05) is 39.5 Å². The smallest absolute Gasteiger partial charge is 0.341 e. The molecule has 1 amide bonds. The van der Waals surface area contributed by atoms with E-state index in [1.54, 1.807) is 6.92 Å². The molecule has 0 aromatic heterocycles. The van der Waals surface area contributed by atoms with Crippen molar-refractivity contribution >= 4 is 21.9 Å². The van der Waals surface area contributed by atoms with Crippen molar-refractivity contribution in [2.45, 2.75) is 11.8 Å². The number of hydrogen-bond acceptors (Lipinski definition) is 6. The first-order valence-electron chi connectivity index (χ1n) is 7.67. The summed E-state index contributed by atoms with van der Waals surface area (Å²) in [5, 5.41) is 2.42. The molecule has 2 rings (SSSR count). The van der Waals surface area contributed by atoms with Crippen LogP contribution in [-0.4, -0.2) is 64.1 Å².